The van der Waals surface area contributed by atoms with Crippen molar-refractivity contribution in [2.75, 3.05) is 11.1 Å². The Morgan fingerprint density at radius 1 is 1.14 bits per heavy atom. The van der Waals surface area contributed by atoms with Gasteiger partial charge in [0.05, 0.1) is 10.7 Å². The zero-order valence-corrected chi connectivity index (χ0v) is 21.6. The number of amides is 1. The van der Waals surface area contributed by atoms with E-state index in [2.05, 4.69) is 35.4 Å². The van der Waals surface area contributed by atoms with Gasteiger partial charge >= 0.3 is 0 Å². The molecule has 1 unspecified atom stereocenters. The van der Waals surface area contributed by atoms with E-state index in [4.69, 9.17) is 4.74 Å². The van der Waals surface area contributed by atoms with E-state index in [-0.39, 0.29) is 29.5 Å². The fourth-order valence-electron chi connectivity index (χ4n) is 3.68. The van der Waals surface area contributed by atoms with Crippen molar-refractivity contribution in [3.05, 3.63) is 69.5 Å². The molecule has 1 N–H and O–H groups in total. The molecule has 0 saturated heterocycles. The van der Waals surface area contributed by atoms with Crippen LogP contribution in [0.4, 0.5) is 11.4 Å². The van der Waals surface area contributed by atoms with E-state index in [1.54, 1.807) is 13.0 Å². The molecule has 9 nitrogen and oxygen atoms in total. The molecule has 0 saturated carbocycles. The van der Waals surface area contributed by atoms with E-state index in [0.717, 1.165) is 11.3 Å². The van der Waals surface area contributed by atoms with Gasteiger partial charge < -0.3 is 14.6 Å². The molecule has 0 aliphatic carbocycles. The number of aryl methyl sites for hydroxylation is 1. The molecule has 1 amide bonds. The lowest BCUT2D eigenvalue weighted by Crippen LogP contribution is -2.17. The van der Waals surface area contributed by atoms with Crippen LogP contribution in [0.25, 0.3) is 0 Å². The van der Waals surface area contributed by atoms with Gasteiger partial charge in [-0.3, -0.25) is 14.9 Å². The van der Waals surface area contributed by atoms with Gasteiger partial charge in [0, 0.05) is 23.9 Å². The Kier molecular flexibility index (Phi) is 8.50. The van der Waals surface area contributed by atoms with Crippen molar-refractivity contribution < 1.29 is 14.5 Å². The molecule has 1 atom stereocenters. The van der Waals surface area contributed by atoms with Gasteiger partial charge in [0.1, 0.15) is 5.75 Å². The van der Waals surface area contributed by atoms with Crippen LogP contribution >= 0.6 is 11.8 Å². The first-order valence-electron chi connectivity index (χ1n) is 11.5. The van der Waals surface area contributed by atoms with Crippen LogP contribution in [0.1, 0.15) is 69.6 Å². The van der Waals surface area contributed by atoms with Crippen molar-refractivity contribution in [1.29, 1.82) is 0 Å². The van der Waals surface area contributed by atoms with Gasteiger partial charge in [-0.15, -0.1) is 10.2 Å². The van der Waals surface area contributed by atoms with Crippen molar-refractivity contribution in [2.24, 2.45) is 0 Å². The number of hydrogen-bond donors (Lipinski definition) is 1. The van der Waals surface area contributed by atoms with Gasteiger partial charge in [-0.25, -0.2) is 0 Å². The third kappa shape index (κ3) is 6.39. The predicted octanol–water partition coefficient (Wildman–Crippen LogP) is 6.07. The Labute approximate surface area is 209 Å². The summed E-state index contributed by atoms with van der Waals surface area (Å²) < 4.78 is 8.27. The monoisotopic (exact) mass is 497 g/mol. The van der Waals surface area contributed by atoms with E-state index in [9.17, 15) is 14.9 Å². The predicted molar refractivity (Wildman–Crippen MR) is 137 cm³/mol. The number of hydrogen-bond acceptors (Lipinski definition) is 7. The second-order valence-corrected chi connectivity index (χ2v) is 9.79. The molecule has 0 aliphatic rings. The van der Waals surface area contributed by atoms with Gasteiger partial charge in [-0.05, 0) is 56.9 Å². The van der Waals surface area contributed by atoms with Gasteiger partial charge in [0.2, 0.25) is 5.91 Å². The maximum Gasteiger partial charge on any atom is 0.269 e. The minimum absolute atomic E-state index is 0.0141. The number of nitrogens with one attached hydrogen (secondary N) is 1. The van der Waals surface area contributed by atoms with Crippen molar-refractivity contribution >= 4 is 29.0 Å². The second-order valence-electron chi connectivity index (χ2n) is 8.85. The molecular formula is C25H31N5O4S. The highest BCUT2D eigenvalue weighted by Crippen LogP contribution is 2.32. The average Bonchev–Trinajstić information content (AvgIpc) is 3.23. The fraction of sp³-hybridized carbons (Fsp3) is 0.400. The molecule has 186 valence electrons. The topological polar surface area (TPSA) is 112 Å². The van der Waals surface area contributed by atoms with Crippen LogP contribution < -0.4 is 10.1 Å². The summed E-state index contributed by atoms with van der Waals surface area (Å²) in [6.07, 6.45) is -0.337. The van der Waals surface area contributed by atoms with Gasteiger partial charge in [-0.1, -0.05) is 43.8 Å². The number of para-hydroxylation sites is 1. The summed E-state index contributed by atoms with van der Waals surface area (Å²) in [5.41, 5.74) is 2.28. The molecule has 1 heterocycles. The Morgan fingerprint density at radius 3 is 2.49 bits per heavy atom. The standard InChI is InChI=1S/C25H31N5O4S/c1-15(2)20-9-7-8-10-22(20)34-18(6)24-27-28-25(29(24)16(3)4)35-14-23(31)26-21-12-11-19(30(32)33)13-17(21)5/h7-13,15-16,18H,14H2,1-6H3,(H,26,31). The molecule has 1 aromatic heterocycles. The van der Waals surface area contributed by atoms with Crippen LogP contribution in [0.5, 0.6) is 5.75 Å². The van der Waals surface area contributed by atoms with Crippen molar-refractivity contribution in [1.82, 2.24) is 14.8 Å². The van der Waals surface area contributed by atoms with Crippen molar-refractivity contribution in [3.8, 4) is 5.75 Å². The lowest BCUT2D eigenvalue weighted by molar-refractivity contribution is -0.384. The zero-order chi connectivity index (χ0) is 25.7. The molecule has 2 aromatic carbocycles. The Morgan fingerprint density at radius 2 is 1.86 bits per heavy atom. The SMILES string of the molecule is Cc1cc([N+](=O)[O-])ccc1NC(=O)CSc1nnc(C(C)Oc2ccccc2C(C)C)n1C(C)C. The number of anilines is 1. The van der Waals surface area contributed by atoms with E-state index in [1.165, 1.54) is 23.9 Å². The molecule has 0 spiro atoms. The normalized spacial score (nSPS) is 12.1. The quantitative estimate of drug-likeness (QED) is 0.205. The number of rotatable bonds is 10. The highest BCUT2D eigenvalue weighted by Gasteiger charge is 2.23. The molecule has 0 aliphatic heterocycles. The summed E-state index contributed by atoms with van der Waals surface area (Å²) in [6.45, 7) is 12.0. The third-order valence-corrected chi connectivity index (χ3v) is 6.39. The molecule has 0 fully saturated rings. The number of carbonyl (C=O) groups excluding carboxylic acids is 1. The first-order chi connectivity index (χ1) is 16.6. The van der Waals surface area contributed by atoms with Crippen LogP contribution in [0.15, 0.2) is 47.6 Å². The lowest BCUT2D eigenvalue weighted by Gasteiger charge is -2.21. The number of nitro benzene ring substituents is 1. The maximum absolute atomic E-state index is 12.6. The van der Waals surface area contributed by atoms with Crippen LogP contribution in [0, 0.1) is 17.0 Å². The number of nitro groups is 1. The highest BCUT2D eigenvalue weighted by molar-refractivity contribution is 7.99. The van der Waals surface area contributed by atoms with Crippen LogP contribution in [-0.4, -0.2) is 31.3 Å². The second kappa shape index (κ2) is 11.4. The van der Waals surface area contributed by atoms with E-state index >= 15 is 0 Å². The molecule has 3 rings (SSSR count). The summed E-state index contributed by atoms with van der Waals surface area (Å²) in [6, 6.07) is 12.4. The summed E-state index contributed by atoms with van der Waals surface area (Å²) in [4.78, 5) is 23.0. The summed E-state index contributed by atoms with van der Waals surface area (Å²) in [5.74, 6) is 1.72. The molecule has 10 heteroatoms. The number of nitrogens with zero attached hydrogens (tertiary/aromatic N) is 4. The maximum atomic E-state index is 12.6. The number of benzene rings is 2. The number of carbonyl (C=O) groups is 1. The number of aromatic nitrogens is 3. The van der Waals surface area contributed by atoms with Crippen LogP contribution in [0.2, 0.25) is 0 Å². The number of thioether (sulfide) groups is 1. The zero-order valence-electron chi connectivity index (χ0n) is 20.8. The third-order valence-electron chi connectivity index (χ3n) is 5.44. The van der Waals surface area contributed by atoms with E-state index in [0.29, 0.717) is 28.1 Å². The van der Waals surface area contributed by atoms with Gasteiger partial charge in [0.15, 0.2) is 17.1 Å². The van der Waals surface area contributed by atoms with Crippen LogP contribution in [-0.2, 0) is 4.79 Å². The number of ether oxygens (including phenoxy) is 1. The molecule has 35 heavy (non-hydrogen) atoms. The molecular weight excluding hydrogens is 466 g/mol. The van der Waals surface area contributed by atoms with Crippen molar-refractivity contribution in [3.63, 3.8) is 0 Å². The Hall–Kier alpha value is -3.40. The Bertz CT molecular complexity index is 1210. The average molecular weight is 498 g/mol. The molecule has 0 radical (unpaired) electrons. The first kappa shape index (κ1) is 26.2. The highest BCUT2D eigenvalue weighted by atomic mass is 32.2. The molecule has 3 aromatic rings. The van der Waals surface area contributed by atoms with Gasteiger partial charge in [-0.2, -0.15) is 0 Å². The summed E-state index contributed by atoms with van der Waals surface area (Å²) in [5, 5.41) is 23.1. The van der Waals surface area contributed by atoms with Gasteiger partial charge in [0.25, 0.3) is 5.69 Å². The minimum atomic E-state index is -0.461. The largest absolute Gasteiger partial charge is 0.482 e. The number of non-ortho nitro benzene ring substituents is 1. The summed E-state index contributed by atoms with van der Waals surface area (Å²) in [7, 11) is 0. The van der Waals surface area contributed by atoms with Crippen LogP contribution in [0.3, 0.4) is 0 Å². The minimum Gasteiger partial charge on any atom is -0.482 e. The fourth-order valence-corrected chi connectivity index (χ4v) is 4.55. The molecule has 0 bridgehead atoms. The summed E-state index contributed by atoms with van der Waals surface area (Å²) >= 11 is 1.28. The lowest BCUT2D eigenvalue weighted by atomic mass is 10.0. The first-order valence-corrected chi connectivity index (χ1v) is 12.4. The smallest absolute Gasteiger partial charge is 0.269 e. The van der Waals surface area contributed by atoms with Crippen molar-refractivity contribution in [2.45, 2.75) is 64.8 Å². The van der Waals surface area contributed by atoms with E-state index < -0.39 is 4.92 Å². The Balaban J connectivity index is 1.71. The van der Waals surface area contributed by atoms with E-state index in [1.807, 2.05) is 43.5 Å².